The molecule has 0 saturated carbocycles. The summed E-state index contributed by atoms with van der Waals surface area (Å²) in [7, 11) is 0. The molecule has 30 heavy (non-hydrogen) atoms. The molecule has 1 aromatic heterocycles. The minimum Gasteiger partial charge on any atom is -0.342 e. The van der Waals surface area contributed by atoms with E-state index in [1.807, 2.05) is 35.3 Å². The largest absolute Gasteiger partial charge is 0.342 e. The van der Waals surface area contributed by atoms with Crippen LogP contribution in [0.3, 0.4) is 0 Å². The number of carbonyl (C=O) groups excluding carboxylic acids is 3. The molecule has 0 radical (unpaired) electrons. The van der Waals surface area contributed by atoms with E-state index in [9.17, 15) is 14.4 Å². The molecule has 0 bridgehead atoms. The molecule has 6 nitrogen and oxygen atoms in total. The highest BCUT2D eigenvalue weighted by atomic mass is 32.1. The summed E-state index contributed by atoms with van der Waals surface area (Å²) in [6.45, 7) is 1.60. The third-order valence-corrected chi connectivity index (χ3v) is 7.78. The van der Waals surface area contributed by atoms with Crippen LogP contribution in [0.4, 0.5) is 0 Å². The molecule has 0 N–H and O–H groups in total. The molecular formula is C23H25N3O3S. The lowest BCUT2D eigenvalue weighted by atomic mass is 9.85. The molecule has 0 spiro atoms. The van der Waals surface area contributed by atoms with Crippen molar-refractivity contribution >= 4 is 39.3 Å². The Morgan fingerprint density at radius 2 is 1.83 bits per heavy atom. The Labute approximate surface area is 179 Å². The van der Waals surface area contributed by atoms with Crippen LogP contribution in [0.25, 0.3) is 10.2 Å². The monoisotopic (exact) mass is 423 g/mol. The Morgan fingerprint density at radius 3 is 2.57 bits per heavy atom. The maximum Gasteiger partial charge on any atom is 0.233 e. The Balaban J connectivity index is 1.21. The molecule has 3 heterocycles. The summed E-state index contributed by atoms with van der Waals surface area (Å²) in [4.78, 5) is 46.1. The first-order chi connectivity index (χ1) is 14.6. The van der Waals surface area contributed by atoms with E-state index in [1.165, 1.54) is 9.60 Å². The number of benzene rings is 1. The van der Waals surface area contributed by atoms with Crippen molar-refractivity contribution in [2.45, 2.75) is 38.0 Å². The summed E-state index contributed by atoms with van der Waals surface area (Å²) in [6.07, 6.45) is 7.42. The zero-order valence-electron chi connectivity index (χ0n) is 16.8. The zero-order valence-corrected chi connectivity index (χ0v) is 17.6. The van der Waals surface area contributed by atoms with E-state index in [0.29, 0.717) is 19.4 Å². The van der Waals surface area contributed by atoms with Gasteiger partial charge in [0, 0.05) is 32.0 Å². The molecule has 2 saturated heterocycles. The molecule has 1 aliphatic carbocycles. The van der Waals surface area contributed by atoms with E-state index in [0.717, 1.165) is 29.9 Å². The van der Waals surface area contributed by atoms with Gasteiger partial charge in [-0.1, -0.05) is 24.3 Å². The average molecular weight is 424 g/mol. The zero-order chi connectivity index (χ0) is 20.7. The van der Waals surface area contributed by atoms with Crippen molar-refractivity contribution in [3.05, 3.63) is 41.4 Å². The van der Waals surface area contributed by atoms with Gasteiger partial charge in [-0.15, -0.1) is 11.3 Å². The van der Waals surface area contributed by atoms with Gasteiger partial charge in [-0.05, 0) is 37.8 Å². The number of hydrogen-bond acceptors (Lipinski definition) is 5. The van der Waals surface area contributed by atoms with Crippen LogP contribution in [0.15, 0.2) is 36.4 Å². The van der Waals surface area contributed by atoms with Gasteiger partial charge in [-0.2, -0.15) is 0 Å². The number of likely N-dealkylation sites (tertiary alicyclic amines) is 2. The van der Waals surface area contributed by atoms with Crippen molar-refractivity contribution in [3.63, 3.8) is 0 Å². The normalized spacial score (nSPS) is 26.5. The van der Waals surface area contributed by atoms with Crippen LogP contribution >= 0.6 is 11.3 Å². The number of amides is 3. The average Bonchev–Trinajstić information content (AvgIpc) is 3.32. The lowest BCUT2D eigenvalue weighted by Crippen LogP contribution is -2.41. The topological polar surface area (TPSA) is 70.6 Å². The van der Waals surface area contributed by atoms with Gasteiger partial charge in [-0.3, -0.25) is 19.3 Å². The van der Waals surface area contributed by atoms with Gasteiger partial charge in [0.15, 0.2) is 0 Å². The standard InChI is InChI=1S/C23H25N3O3S/c27-20(11-13-26-22(28)16-7-1-2-8-17(16)23(26)29)25-12-5-6-15(14-25)21-24-18-9-3-4-10-19(18)30-21/h1-4,9-10,15-17H,5-8,11-14H2/t15-,16-,17-/m1/s1. The molecule has 5 rings (SSSR count). The smallest absolute Gasteiger partial charge is 0.233 e. The van der Waals surface area contributed by atoms with Crippen LogP contribution in [0.1, 0.15) is 43.0 Å². The molecule has 1 aromatic carbocycles. The first kappa shape index (κ1) is 19.4. The van der Waals surface area contributed by atoms with Gasteiger partial charge in [-0.25, -0.2) is 4.98 Å². The molecule has 3 atom stereocenters. The fourth-order valence-corrected chi connectivity index (χ4v) is 6.02. The molecule has 3 aliphatic rings. The Hall–Kier alpha value is -2.54. The minimum absolute atomic E-state index is 0.0226. The van der Waals surface area contributed by atoms with Crippen molar-refractivity contribution < 1.29 is 14.4 Å². The van der Waals surface area contributed by atoms with Crippen LogP contribution in [0.5, 0.6) is 0 Å². The quantitative estimate of drug-likeness (QED) is 0.559. The molecule has 3 amide bonds. The summed E-state index contributed by atoms with van der Waals surface area (Å²) in [5.41, 5.74) is 1.02. The number of piperidine rings is 1. The van der Waals surface area contributed by atoms with Crippen LogP contribution in [0, 0.1) is 11.8 Å². The number of hydrogen-bond donors (Lipinski definition) is 0. The van der Waals surface area contributed by atoms with E-state index in [-0.39, 0.29) is 48.4 Å². The second-order valence-electron chi connectivity index (χ2n) is 8.43. The maximum absolute atomic E-state index is 12.9. The van der Waals surface area contributed by atoms with Gasteiger partial charge in [0.2, 0.25) is 17.7 Å². The number of thiazole rings is 1. The van der Waals surface area contributed by atoms with E-state index in [1.54, 1.807) is 11.3 Å². The van der Waals surface area contributed by atoms with Gasteiger partial charge in [0.25, 0.3) is 0 Å². The third-order valence-electron chi connectivity index (χ3n) is 6.58. The molecular weight excluding hydrogens is 398 g/mol. The van der Waals surface area contributed by atoms with Crippen molar-refractivity contribution in [2.75, 3.05) is 19.6 Å². The van der Waals surface area contributed by atoms with E-state index in [4.69, 9.17) is 4.98 Å². The summed E-state index contributed by atoms with van der Waals surface area (Å²) < 4.78 is 1.18. The summed E-state index contributed by atoms with van der Waals surface area (Å²) in [5.74, 6) is -0.383. The second kappa shape index (κ2) is 7.95. The maximum atomic E-state index is 12.9. The van der Waals surface area contributed by atoms with Gasteiger partial charge in [0.1, 0.15) is 0 Å². The summed E-state index contributed by atoms with van der Waals surface area (Å²) >= 11 is 1.71. The highest BCUT2D eigenvalue weighted by Crippen LogP contribution is 2.36. The summed E-state index contributed by atoms with van der Waals surface area (Å²) in [6, 6.07) is 8.13. The van der Waals surface area contributed by atoms with Crippen LogP contribution in [-0.4, -0.2) is 52.1 Å². The van der Waals surface area contributed by atoms with Crippen molar-refractivity contribution in [2.24, 2.45) is 11.8 Å². The highest BCUT2D eigenvalue weighted by Gasteiger charge is 2.47. The number of imide groups is 1. The number of rotatable bonds is 4. The number of fused-ring (bicyclic) bond motifs is 2. The predicted octanol–water partition coefficient (Wildman–Crippen LogP) is 3.34. The lowest BCUT2D eigenvalue weighted by molar-refractivity contribution is -0.141. The first-order valence-corrected chi connectivity index (χ1v) is 11.6. The van der Waals surface area contributed by atoms with E-state index < -0.39 is 0 Å². The van der Waals surface area contributed by atoms with Gasteiger partial charge < -0.3 is 4.90 Å². The lowest BCUT2D eigenvalue weighted by Gasteiger charge is -2.32. The Morgan fingerprint density at radius 1 is 1.10 bits per heavy atom. The van der Waals surface area contributed by atoms with Crippen molar-refractivity contribution in [1.29, 1.82) is 0 Å². The van der Waals surface area contributed by atoms with Crippen molar-refractivity contribution in [1.82, 2.24) is 14.8 Å². The summed E-state index contributed by atoms with van der Waals surface area (Å²) in [5, 5.41) is 1.09. The molecule has 7 heteroatoms. The molecule has 0 unspecified atom stereocenters. The minimum atomic E-state index is -0.226. The number of carbonyl (C=O) groups is 3. The molecule has 156 valence electrons. The SMILES string of the molecule is O=C(CCN1C(=O)[C@@H]2CC=CC[C@H]2C1=O)N1CCC[C@@H](c2nc3ccccc3s2)C1. The van der Waals surface area contributed by atoms with Crippen LogP contribution < -0.4 is 0 Å². The molecule has 2 aliphatic heterocycles. The van der Waals surface area contributed by atoms with Gasteiger partial charge >= 0.3 is 0 Å². The van der Waals surface area contributed by atoms with E-state index >= 15 is 0 Å². The highest BCUT2D eigenvalue weighted by molar-refractivity contribution is 7.18. The number of para-hydroxylation sites is 1. The Bertz CT molecular complexity index is 971. The fraction of sp³-hybridized carbons (Fsp3) is 0.478. The molecule has 2 fully saturated rings. The number of nitrogens with zero attached hydrogens (tertiary/aromatic N) is 3. The predicted molar refractivity (Wildman–Crippen MR) is 115 cm³/mol. The number of allylic oxidation sites excluding steroid dienone is 2. The first-order valence-electron chi connectivity index (χ1n) is 10.8. The molecule has 2 aromatic rings. The van der Waals surface area contributed by atoms with Gasteiger partial charge in [0.05, 0.1) is 27.1 Å². The van der Waals surface area contributed by atoms with Crippen LogP contribution in [0.2, 0.25) is 0 Å². The number of aromatic nitrogens is 1. The van der Waals surface area contributed by atoms with Crippen molar-refractivity contribution in [3.8, 4) is 0 Å². The van der Waals surface area contributed by atoms with E-state index in [2.05, 4.69) is 6.07 Å². The fourth-order valence-electron chi connectivity index (χ4n) is 4.92. The van der Waals surface area contributed by atoms with Crippen LogP contribution in [-0.2, 0) is 14.4 Å². The third kappa shape index (κ3) is 3.45. The second-order valence-corrected chi connectivity index (χ2v) is 9.49. The Kier molecular flexibility index (Phi) is 5.15.